The smallest absolute Gasteiger partial charge is 0.328 e. The number of nitrogens with one attached hydrogen (secondary N) is 1. The fourth-order valence-electron chi connectivity index (χ4n) is 2.57. The molecule has 0 saturated carbocycles. The van der Waals surface area contributed by atoms with Crippen molar-refractivity contribution in [3.05, 3.63) is 65.7 Å². The molecule has 0 fully saturated rings. The number of methoxy groups -OCH3 is 1. The number of carboxylic acids is 2. The summed E-state index contributed by atoms with van der Waals surface area (Å²) in [7, 11) is 1.64. The van der Waals surface area contributed by atoms with Crippen molar-refractivity contribution in [1.82, 2.24) is 5.32 Å². The second-order valence-corrected chi connectivity index (χ2v) is 6.67. The highest BCUT2D eigenvalue weighted by Gasteiger charge is 2.12. The summed E-state index contributed by atoms with van der Waals surface area (Å²) >= 11 is 0. The SMILES string of the molecule is COc1ccc(C[C@@H](C)NC[C@@H](O)c2cc(O)cc(O)c2)cc1.O=C(O)/C=C/C(=O)O. The van der Waals surface area contributed by atoms with E-state index in [4.69, 9.17) is 14.9 Å². The van der Waals surface area contributed by atoms with E-state index in [0.29, 0.717) is 24.3 Å². The van der Waals surface area contributed by atoms with E-state index in [1.807, 2.05) is 31.2 Å². The van der Waals surface area contributed by atoms with E-state index in [1.165, 1.54) is 23.8 Å². The molecule has 31 heavy (non-hydrogen) atoms. The molecule has 2 aromatic rings. The Morgan fingerprint density at radius 2 is 1.52 bits per heavy atom. The molecule has 9 nitrogen and oxygen atoms in total. The molecule has 0 unspecified atom stereocenters. The summed E-state index contributed by atoms with van der Waals surface area (Å²) in [4.78, 5) is 19.1. The summed E-state index contributed by atoms with van der Waals surface area (Å²) in [6.07, 6.45) is 1.14. The minimum atomic E-state index is -1.26. The maximum absolute atomic E-state index is 10.2. The number of carboxylic acid groups (broad SMARTS) is 2. The molecule has 0 bridgehead atoms. The predicted molar refractivity (Wildman–Crippen MR) is 113 cm³/mol. The van der Waals surface area contributed by atoms with Crippen LogP contribution >= 0.6 is 0 Å². The Labute approximate surface area is 179 Å². The fourth-order valence-corrected chi connectivity index (χ4v) is 2.57. The summed E-state index contributed by atoms with van der Waals surface area (Å²) in [5.41, 5.74) is 1.65. The van der Waals surface area contributed by atoms with E-state index >= 15 is 0 Å². The van der Waals surface area contributed by atoms with Gasteiger partial charge in [-0.2, -0.15) is 0 Å². The number of ether oxygens (including phenoxy) is 1. The van der Waals surface area contributed by atoms with Crippen LogP contribution in [-0.4, -0.2) is 57.2 Å². The summed E-state index contributed by atoms with van der Waals surface area (Å²) < 4.78 is 5.13. The van der Waals surface area contributed by atoms with Gasteiger partial charge in [-0.25, -0.2) is 9.59 Å². The quantitative estimate of drug-likeness (QED) is 0.326. The van der Waals surface area contributed by atoms with Gasteiger partial charge in [-0.05, 0) is 48.7 Å². The lowest BCUT2D eigenvalue weighted by Crippen LogP contribution is -2.32. The van der Waals surface area contributed by atoms with Gasteiger partial charge in [0, 0.05) is 30.8 Å². The minimum absolute atomic E-state index is 0.0645. The Kier molecular flexibility index (Phi) is 10.6. The maximum atomic E-state index is 10.2. The molecule has 0 heterocycles. The lowest BCUT2D eigenvalue weighted by atomic mass is 10.1. The molecular weight excluding hydrogens is 406 g/mol. The van der Waals surface area contributed by atoms with E-state index < -0.39 is 18.0 Å². The van der Waals surface area contributed by atoms with Crippen LogP contribution < -0.4 is 10.1 Å². The van der Waals surface area contributed by atoms with Gasteiger partial charge in [-0.1, -0.05) is 12.1 Å². The maximum Gasteiger partial charge on any atom is 0.328 e. The lowest BCUT2D eigenvalue weighted by Gasteiger charge is -2.18. The number of benzene rings is 2. The van der Waals surface area contributed by atoms with Gasteiger partial charge in [0.25, 0.3) is 0 Å². The van der Waals surface area contributed by atoms with Gasteiger partial charge in [0.15, 0.2) is 0 Å². The van der Waals surface area contributed by atoms with Gasteiger partial charge < -0.3 is 35.6 Å². The molecule has 2 aromatic carbocycles. The summed E-state index contributed by atoms with van der Waals surface area (Å²) in [6.45, 7) is 2.37. The third kappa shape index (κ3) is 10.7. The Hall–Kier alpha value is -3.56. The molecule has 6 N–H and O–H groups in total. The van der Waals surface area contributed by atoms with Gasteiger partial charge in [0.1, 0.15) is 17.2 Å². The Morgan fingerprint density at radius 3 is 1.97 bits per heavy atom. The summed E-state index contributed by atoms with van der Waals surface area (Å²) in [6, 6.07) is 12.2. The largest absolute Gasteiger partial charge is 0.508 e. The van der Waals surface area contributed by atoms with E-state index in [-0.39, 0.29) is 17.5 Å². The number of aliphatic hydroxyl groups is 1. The standard InChI is InChI=1S/C18H23NO4.C4H4O4/c1-12(7-13-3-5-17(23-2)6-4-13)19-11-18(22)14-8-15(20)10-16(21)9-14;5-3(6)1-2-4(7)8/h3-6,8-10,12,18-22H,7,11H2,1-2H3;1-2H,(H,5,6)(H,7,8)/b;2-1+/t12-,18-;/m1./s1. The molecule has 0 spiro atoms. The van der Waals surface area contributed by atoms with Crippen LogP contribution in [0.25, 0.3) is 0 Å². The average Bonchev–Trinajstić information content (AvgIpc) is 2.71. The van der Waals surface area contributed by atoms with E-state index in [9.17, 15) is 24.9 Å². The van der Waals surface area contributed by atoms with Crippen LogP contribution in [0.15, 0.2) is 54.6 Å². The molecule has 0 aliphatic heterocycles. The van der Waals surface area contributed by atoms with Gasteiger partial charge in [0.2, 0.25) is 0 Å². The molecule has 2 rings (SSSR count). The van der Waals surface area contributed by atoms with Crippen molar-refractivity contribution in [2.75, 3.05) is 13.7 Å². The first-order valence-electron chi connectivity index (χ1n) is 9.32. The zero-order valence-electron chi connectivity index (χ0n) is 17.2. The monoisotopic (exact) mass is 433 g/mol. The lowest BCUT2D eigenvalue weighted by molar-refractivity contribution is -0.134. The van der Waals surface area contributed by atoms with Gasteiger partial charge >= 0.3 is 11.9 Å². The second-order valence-electron chi connectivity index (χ2n) is 6.67. The number of hydrogen-bond acceptors (Lipinski definition) is 7. The molecule has 0 saturated heterocycles. The number of phenolic OH excluding ortho intramolecular Hbond substituents is 2. The van der Waals surface area contributed by atoms with Crippen molar-refractivity contribution in [3.63, 3.8) is 0 Å². The molecule has 0 aliphatic rings. The zero-order chi connectivity index (χ0) is 23.4. The van der Waals surface area contributed by atoms with Crippen molar-refractivity contribution in [2.24, 2.45) is 0 Å². The molecular formula is C22H27NO8. The van der Waals surface area contributed by atoms with Crippen LogP contribution in [0.3, 0.4) is 0 Å². The number of aromatic hydroxyl groups is 2. The number of phenols is 2. The second kappa shape index (κ2) is 12.9. The molecule has 0 aliphatic carbocycles. The predicted octanol–water partition coefficient (Wildman–Crippen LogP) is 2.07. The molecule has 168 valence electrons. The number of carbonyl (C=O) groups is 2. The van der Waals surface area contributed by atoms with Crippen molar-refractivity contribution in [2.45, 2.75) is 25.5 Å². The van der Waals surface area contributed by atoms with E-state index in [2.05, 4.69) is 5.32 Å². The molecule has 9 heteroatoms. The Bertz CT molecular complexity index is 843. The van der Waals surface area contributed by atoms with Crippen LogP contribution in [0, 0.1) is 0 Å². The minimum Gasteiger partial charge on any atom is -0.508 e. The van der Waals surface area contributed by atoms with Crippen molar-refractivity contribution in [1.29, 1.82) is 0 Å². The van der Waals surface area contributed by atoms with E-state index in [0.717, 1.165) is 12.2 Å². The molecule has 0 radical (unpaired) electrons. The van der Waals surface area contributed by atoms with Crippen LogP contribution in [0.4, 0.5) is 0 Å². The van der Waals surface area contributed by atoms with Crippen LogP contribution in [0.5, 0.6) is 17.2 Å². The van der Waals surface area contributed by atoms with Gasteiger partial charge in [-0.15, -0.1) is 0 Å². The first-order chi connectivity index (χ1) is 14.6. The topological polar surface area (TPSA) is 157 Å². The summed E-state index contributed by atoms with van der Waals surface area (Å²) in [5.74, 6) is -1.82. The third-order valence-corrected chi connectivity index (χ3v) is 4.04. The first kappa shape index (κ1) is 25.5. The number of hydrogen-bond donors (Lipinski definition) is 6. The van der Waals surface area contributed by atoms with E-state index in [1.54, 1.807) is 7.11 Å². The van der Waals surface area contributed by atoms with Gasteiger partial charge in [0.05, 0.1) is 13.2 Å². The van der Waals surface area contributed by atoms with Crippen LogP contribution in [0.2, 0.25) is 0 Å². The normalized spacial score (nSPS) is 12.5. The Morgan fingerprint density at radius 1 is 1.00 bits per heavy atom. The van der Waals surface area contributed by atoms with Gasteiger partial charge in [-0.3, -0.25) is 0 Å². The number of rotatable bonds is 9. The molecule has 0 amide bonds. The number of aliphatic carboxylic acids is 2. The third-order valence-electron chi connectivity index (χ3n) is 4.04. The highest BCUT2D eigenvalue weighted by molar-refractivity contribution is 5.89. The molecule has 2 atom stereocenters. The highest BCUT2D eigenvalue weighted by atomic mass is 16.5. The zero-order valence-corrected chi connectivity index (χ0v) is 17.2. The van der Waals surface area contributed by atoms with Crippen LogP contribution in [-0.2, 0) is 16.0 Å². The van der Waals surface area contributed by atoms with Crippen molar-refractivity contribution < 1.29 is 39.9 Å². The number of aliphatic hydroxyl groups excluding tert-OH is 1. The highest BCUT2D eigenvalue weighted by Crippen LogP contribution is 2.24. The van der Waals surface area contributed by atoms with Crippen molar-refractivity contribution in [3.8, 4) is 17.2 Å². The molecule has 0 aromatic heterocycles. The first-order valence-corrected chi connectivity index (χ1v) is 9.32. The van der Waals surface area contributed by atoms with Crippen molar-refractivity contribution >= 4 is 11.9 Å². The average molecular weight is 433 g/mol. The van der Waals surface area contributed by atoms with Crippen LogP contribution in [0.1, 0.15) is 24.2 Å². The fraction of sp³-hybridized carbons (Fsp3) is 0.273. The summed E-state index contributed by atoms with van der Waals surface area (Å²) in [5, 5.41) is 47.9. The Balaban J connectivity index is 0.000000512.